The summed E-state index contributed by atoms with van der Waals surface area (Å²) in [6, 6.07) is 7.02. The molecule has 0 saturated carbocycles. The largest absolute Gasteiger partial charge is 0.339 e. The molecule has 0 N–H and O–H groups in total. The molecule has 1 unspecified atom stereocenters. The molecule has 0 bridgehead atoms. The molecule has 1 saturated heterocycles. The molecule has 1 aromatic rings. The van der Waals surface area contributed by atoms with Gasteiger partial charge in [0, 0.05) is 31.2 Å². The third kappa shape index (κ3) is 4.41. The van der Waals surface area contributed by atoms with Crippen LogP contribution in [0.2, 0.25) is 0 Å². The first-order chi connectivity index (χ1) is 10.6. The summed E-state index contributed by atoms with van der Waals surface area (Å²) in [6.07, 6.45) is 5.09. The van der Waals surface area contributed by atoms with Crippen molar-refractivity contribution < 1.29 is 9.18 Å². The van der Waals surface area contributed by atoms with Crippen molar-refractivity contribution in [2.45, 2.75) is 38.8 Å². The van der Waals surface area contributed by atoms with E-state index in [1.165, 1.54) is 12.5 Å². The third-order valence-electron chi connectivity index (χ3n) is 4.22. The Hall–Kier alpha value is -1.68. The lowest BCUT2D eigenvalue weighted by Gasteiger charge is -2.35. The van der Waals surface area contributed by atoms with Gasteiger partial charge < -0.3 is 4.90 Å². The second-order valence-electron chi connectivity index (χ2n) is 5.98. The van der Waals surface area contributed by atoms with E-state index in [-0.39, 0.29) is 11.7 Å². The second-order valence-corrected chi connectivity index (χ2v) is 5.98. The lowest BCUT2D eigenvalue weighted by atomic mass is 10.0. The van der Waals surface area contributed by atoms with Crippen LogP contribution in [-0.4, -0.2) is 41.4 Å². The van der Waals surface area contributed by atoms with E-state index in [4.69, 9.17) is 0 Å². The molecule has 2 rings (SSSR count). The molecular weight excluding hydrogens is 279 g/mol. The lowest BCUT2D eigenvalue weighted by molar-refractivity contribution is -0.135. The van der Waals surface area contributed by atoms with Gasteiger partial charge >= 0.3 is 0 Å². The molecule has 120 valence electrons. The first-order valence-electron chi connectivity index (χ1n) is 7.98. The minimum absolute atomic E-state index is 0.130. The van der Waals surface area contributed by atoms with Crippen LogP contribution in [0.15, 0.2) is 36.9 Å². The van der Waals surface area contributed by atoms with E-state index in [1.807, 2.05) is 15.9 Å². The molecule has 1 amide bonds. The molecule has 22 heavy (non-hydrogen) atoms. The number of hydrogen-bond donors (Lipinski definition) is 0. The molecular formula is C18H25FN2O. The van der Waals surface area contributed by atoms with Gasteiger partial charge in [0.25, 0.3) is 0 Å². The molecule has 1 fully saturated rings. The Morgan fingerprint density at radius 2 is 2.23 bits per heavy atom. The zero-order valence-electron chi connectivity index (χ0n) is 13.3. The highest BCUT2D eigenvalue weighted by atomic mass is 19.1. The number of benzene rings is 1. The Kier molecular flexibility index (Phi) is 6.13. The fraction of sp³-hybridized carbons (Fsp3) is 0.500. The van der Waals surface area contributed by atoms with E-state index in [1.54, 1.807) is 18.2 Å². The fourth-order valence-electron chi connectivity index (χ4n) is 2.99. The van der Waals surface area contributed by atoms with Crippen molar-refractivity contribution in [3.8, 4) is 0 Å². The van der Waals surface area contributed by atoms with Crippen LogP contribution in [-0.2, 0) is 11.3 Å². The van der Waals surface area contributed by atoms with Crippen LogP contribution in [0.3, 0.4) is 0 Å². The predicted molar refractivity (Wildman–Crippen MR) is 86.9 cm³/mol. The molecule has 0 aliphatic carbocycles. The molecule has 1 atom stereocenters. The summed E-state index contributed by atoms with van der Waals surface area (Å²) in [5.74, 6) is -0.0965. The molecule has 0 radical (unpaired) electrons. The summed E-state index contributed by atoms with van der Waals surface area (Å²) in [7, 11) is 0. The van der Waals surface area contributed by atoms with Crippen LogP contribution in [0.5, 0.6) is 0 Å². The minimum Gasteiger partial charge on any atom is -0.339 e. The van der Waals surface area contributed by atoms with Gasteiger partial charge in [0.2, 0.25) is 5.91 Å². The number of amides is 1. The molecule has 1 aliphatic heterocycles. The molecule has 1 aromatic carbocycles. The van der Waals surface area contributed by atoms with Crippen molar-refractivity contribution in [3.05, 3.63) is 48.3 Å². The van der Waals surface area contributed by atoms with Gasteiger partial charge in [-0.25, -0.2) is 4.39 Å². The maximum atomic E-state index is 13.8. The number of rotatable bonds is 6. The van der Waals surface area contributed by atoms with Gasteiger partial charge in [-0.2, -0.15) is 0 Å². The van der Waals surface area contributed by atoms with Crippen molar-refractivity contribution >= 4 is 5.91 Å². The average Bonchev–Trinajstić information content (AvgIpc) is 2.50. The van der Waals surface area contributed by atoms with Crippen LogP contribution in [0.25, 0.3) is 0 Å². The van der Waals surface area contributed by atoms with Crippen molar-refractivity contribution in [3.63, 3.8) is 0 Å². The highest BCUT2D eigenvalue weighted by molar-refractivity contribution is 5.78. The van der Waals surface area contributed by atoms with Gasteiger partial charge in [0.15, 0.2) is 0 Å². The maximum absolute atomic E-state index is 13.8. The first kappa shape index (κ1) is 16.7. The third-order valence-corrected chi connectivity index (χ3v) is 4.22. The van der Waals surface area contributed by atoms with Crippen molar-refractivity contribution in [1.82, 2.24) is 9.80 Å². The van der Waals surface area contributed by atoms with E-state index in [0.29, 0.717) is 31.2 Å². The summed E-state index contributed by atoms with van der Waals surface area (Å²) in [4.78, 5) is 16.4. The van der Waals surface area contributed by atoms with Crippen LogP contribution < -0.4 is 0 Å². The topological polar surface area (TPSA) is 23.6 Å². The van der Waals surface area contributed by atoms with Crippen LogP contribution in [0.4, 0.5) is 4.39 Å². The van der Waals surface area contributed by atoms with Gasteiger partial charge in [-0.1, -0.05) is 24.3 Å². The molecule has 1 heterocycles. The quantitative estimate of drug-likeness (QED) is 0.753. The highest BCUT2D eigenvalue weighted by Gasteiger charge is 2.24. The number of likely N-dealkylation sites (tertiary alicyclic amines) is 1. The van der Waals surface area contributed by atoms with Crippen molar-refractivity contribution in [2.75, 3.05) is 19.6 Å². The van der Waals surface area contributed by atoms with E-state index in [2.05, 4.69) is 13.5 Å². The second kappa shape index (κ2) is 8.08. The summed E-state index contributed by atoms with van der Waals surface area (Å²) in [5, 5.41) is 0. The minimum atomic E-state index is -0.227. The predicted octanol–water partition coefficient (Wildman–Crippen LogP) is 3.21. The molecule has 0 spiro atoms. The highest BCUT2D eigenvalue weighted by Crippen LogP contribution is 2.17. The summed E-state index contributed by atoms with van der Waals surface area (Å²) >= 11 is 0. The van der Waals surface area contributed by atoms with Gasteiger partial charge in [0.05, 0.1) is 6.54 Å². The van der Waals surface area contributed by atoms with E-state index < -0.39 is 0 Å². The smallest absolute Gasteiger partial charge is 0.237 e. The van der Waals surface area contributed by atoms with Gasteiger partial charge in [-0.3, -0.25) is 9.69 Å². The number of nitrogens with zero attached hydrogens (tertiary/aromatic N) is 2. The Balaban J connectivity index is 2.00. The van der Waals surface area contributed by atoms with Crippen LogP contribution in [0.1, 0.15) is 31.7 Å². The molecule has 3 nitrogen and oxygen atoms in total. The van der Waals surface area contributed by atoms with Crippen molar-refractivity contribution in [2.24, 2.45) is 0 Å². The normalized spacial score (nSPS) is 18.5. The van der Waals surface area contributed by atoms with Gasteiger partial charge in [-0.15, -0.1) is 6.58 Å². The number of halogens is 1. The van der Waals surface area contributed by atoms with Crippen LogP contribution in [0, 0.1) is 5.82 Å². The fourth-order valence-corrected chi connectivity index (χ4v) is 2.99. The van der Waals surface area contributed by atoms with E-state index >= 15 is 0 Å². The monoisotopic (exact) mass is 304 g/mol. The summed E-state index contributed by atoms with van der Waals surface area (Å²) in [5.41, 5.74) is 0.615. The van der Waals surface area contributed by atoms with Crippen molar-refractivity contribution in [1.29, 1.82) is 0 Å². The van der Waals surface area contributed by atoms with E-state index in [9.17, 15) is 9.18 Å². The Bertz CT molecular complexity index is 518. The Morgan fingerprint density at radius 1 is 1.45 bits per heavy atom. The van der Waals surface area contributed by atoms with Crippen LogP contribution >= 0.6 is 0 Å². The summed E-state index contributed by atoms with van der Waals surface area (Å²) in [6.45, 7) is 7.98. The number of piperidine rings is 1. The van der Waals surface area contributed by atoms with Gasteiger partial charge in [0.1, 0.15) is 5.82 Å². The van der Waals surface area contributed by atoms with E-state index in [0.717, 1.165) is 19.4 Å². The zero-order valence-corrected chi connectivity index (χ0v) is 13.3. The Labute approximate surface area is 132 Å². The SMILES string of the molecule is C=CCN(CC(=O)N1CCCCC1C)Cc1ccccc1F. The number of carbonyl (C=O) groups is 1. The number of carbonyl (C=O) groups excluding carboxylic acids is 1. The maximum Gasteiger partial charge on any atom is 0.237 e. The molecule has 1 aliphatic rings. The van der Waals surface area contributed by atoms with Gasteiger partial charge in [-0.05, 0) is 32.3 Å². The first-order valence-corrected chi connectivity index (χ1v) is 7.98. The average molecular weight is 304 g/mol. The lowest BCUT2D eigenvalue weighted by Crippen LogP contribution is -2.46. The molecule has 0 aromatic heterocycles. The Morgan fingerprint density at radius 3 is 2.91 bits per heavy atom. The number of hydrogen-bond acceptors (Lipinski definition) is 2. The molecule has 4 heteroatoms. The zero-order chi connectivity index (χ0) is 15.9. The standard InChI is InChI=1S/C18H25FN2O/c1-3-11-20(13-16-9-4-5-10-17(16)19)14-18(22)21-12-7-6-8-15(21)2/h3-5,9-10,15H,1,6-8,11-14H2,2H3. The summed E-state index contributed by atoms with van der Waals surface area (Å²) < 4.78 is 13.8.